The SMILES string of the molecule is O=C(Nc1cnn(Cc2cccnc2)c1)C1CNCC12CCCCC2. The molecule has 1 saturated carbocycles. The van der Waals surface area contributed by atoms with Crippen molar-refractivity contribution in [1.29, 1.82) is 0 Å². The summed E-state index contributed by atoms with van der Waals surface area (Å²) in [6.07, 6.45) is 13.3. The number of carbonyl (C=O) groups is 1. The molecule has 2 aliphatic rings. The molecule has 0 aromatic carbocycles. The number of amides is 1. The van der Waals surface area contributed by atoms with Gasteiger partial charge in [-0.2, -0.15) is 5.10 Å². The van der Waals surface area contributed by atoms with Gasteiger partial charge in [-0.1, -0.05) is 25.3 Å². The van der Waals surface area contributed by atoms with Crippen molar-refractivity contribution in [3.8, 4) is 0 Å². The number of pyridine rings is 1. The molecule has 0 bridgehead atoms. The van der Waals surface area contributed by atoms with Crippen molar-refractivity contribution in [2.24, 2.45) is 11.3 Å². The third-order valence-electron chi connectivity index (χ3n) is 5.70. The van der Waals surface area contributed by atoms with Crippen molar-refractivity contribution in [1.82, 2.24) is 20.1 Å². The second kappa shape index (κ2) is 6.96. The van der Waals surface area contributed by atoms with Gasteiger partial charge in [0.1, 0.15) is 0 Å². The fraction of sp³-hybridized carbons (Fsp3) is 0.526. The molecule has 25 heavy (non-hydrogen) atoms. The van der Waals surface area contributed by atoms with Crippen LogP contribution in [0.4, 0.5) is 5.69 Å². The topological polar surface area (TPSA) is 71.8 Å². The molecule has 1 atom stereocenters. The summed E-state index contributed by atoms with van der Waals surface area (Å²) in [5.41, 5.74) is 2.02. The first-order valence-electron chi connectivity index (χ1n) is 9.18. The lowest BCUT2D eigenvalue weighted by Crippen LogP contribution is -2.39. The van der Waals surface area contributed by atoms with Gasteiger partial charge in [0.2, 0.25) is 5.91 Å². The van der Waals surface area contributed by atoms with Gasteiger partial charge < -0.3 is 10.6 Å². The predicted molar refractivity (Wildman–Crippen MR) is 96.1 cm³/mol. The van der Waals surface area contributed by atoms with Gasteiger partial charge in [0, 0.05) is 31.7 Å². The van der Waals surface area contributed by atoms with Gasteiger partial charge in [-0.15, -0.1) is 0 Å². The van der Waals surface area contributed by atoms with Gasteiger partial charge in [0.15, 0.2) is 0 Å². The van der Waals surface area contributed by atoms with Crippen LogP contribution < -0.4 is 10.6 Å². The summed E-state index contributed by atoms with van der Waals surface area (Å²) >= 11 is 0. The van der Waals surface area contributed by atoms with Gasteiger partial charge >= 0.3 is 0 Å². The molecule has 1 spiro atoms. The molecule has 6 heteroatoms. The van der Waals surface area contributed by atoms with Crippen LogP contribution in [0.5, 0.6) is 0 Å². The number of carbonyl (C=O) groups excluding carboxylic acids is 1. The zero-order chi connectivity index (χ0) is 17.1. The Morgan fingerprint density at radius 2 is 2.20 bits per heavy atom. The van der Waals surface area contributed by atoms with E-state index in [-0.39, 0.29) is 17.2 Å². The van der Waals surface area contributed by atoms with Crippen LogP contribution in [-0.4, -0.2) is 33.8 Å². The van der Waals surface area contributed by atoms with E-state index in [2.05, 4.69) is 20.7 Å². The van der Waals surface area contributed by atoms with Crippen LogP contribution in [0, 0.1) is 11.3 Å². The minimum atomic E-state index is 0.0643. The lowest BCUT2D eigenvalue weighted by atomic mass is 9.67. The summed E-state index contributed by atoms with van der Waals surface area (Å²) in [4.78, 5) is 17.0. The Hall–Kier alpha value is -2.21. The average Bonchev–Trinajstić information content (AvgIpc) is 3.24. The maximum Gasteiger partial charge on any atom is 0.229 e. The molecule has 132 valence electrons. The Balaban J connectivity index is 1.41. The third kappa shape index (κ3) is 3.44. The third-order valence-corrected chi connectivity index (χ3v) is 5.70. The summed E-state index contributed by atoms with van der Waals surface area (Å²) in [5.74, 6) is 0.197. The van der Waals surface area contributed by atoms with E-state index >= 15 is 0 Å². The standard InChI is InChI=1S/C19H25N5O/c25-18(17-11-21-14-19(17)6-2-1-3-7-19)23-16-10-22-24(13-16)12-15-5-4-8-20-9-15/h4-5,8-10,13,17,21H,1-3,6-7,11-12,14H2,(H,23,25). The van der Waals surface area contributed by atoms with Crippen molar-refractivity contribution in [2.45, 2.75) is 38.6 Å². The molecule has 2 N–H and O–H groups in total. The number of hydrogen-bond acceptors (Lipinski definition) is 4. The van der Waals surface area contributed by atoms with E-state index < -0.39 is 0 Å². The molecule has 2 aromatic rings. The fourth-order valence-electron chi connectivity index (χ4n) is 4.38. The summed E-state index contributed by atoms with van der Waals surface area (Å²) in [6, 6.07) is 3.93. The van der Waals surface area contributed by atoms with Crippen LogP contribution in [0.25, 0.3) is 0 Å². The van der Waals surface area contributed by atoms with Crippen LogP contribution in [0.1, 0.15) is 37.7 Å². The zero-order valence-corrected chi connectivity index (χ0v) is 14.4. The summed E-state index contributed by atoms with van der Waals surface area (Å²) < 4.78 is 1.83. The first-order valence-corrected chi connectivity index (χ1v) is 9.18. The van der Waals surface area contributed by atoms with Gasteiger partial charge in [0.05, 0.1) is 24.3 Å². The number of hydrogen-bond donors (Lipinski definition) is 2. The van der Waals surface area contributed by atoms with Crippen LogP contribution in [0.2, 0.25) is 0 Å². The molecular weight excluding hydrogens is 314 g/mol. The molecular formula is C19H25N5O. The van der Waals surface area contributed by atoms with Crippen LogP contribution in [-0.2, 0) is 11.3 Å². The van der Waals surface area contributed by atoms with Gasteiger partial charge in [-0.05, 0) is 29.9 Å². The second-order valence-electron chi connectivity index (χ2n) is 7.38. The minimum absolute atomic E-state index is 0.0643. The van der Waals surface area contributed by atoms with Crippen molar-refractivity contribution in [3.05, 3.63) is 42.5 Å². The normalized spacial score (nSPS) is 22.2. The first-order chi connectivity index (χ1) is 12.3. The number of nitrogens with zero attached hydrogens (tertiary/aromatic N) is 3. The highest BCUT2D eigenvalue weighted by atomic mass is 16.2. The largest absolute Gasteiger partial charge is 0.323 e. The Bertz CT molecular complexity index is 720. The summed E-state index contributed by atoms with van der Waals surface area (Å²) in [6.45, 7) is 2.42. The van der Waals surface area contributed by atoms with E-state index in [1.807, 2.05) is 29.2 Å². The first kappa shape index (κ1) is 16.3. The average molecular weight is 339 g/mol. The van der Waals surface area contributed by atoms with Crippen LogP contribution in [0.15, 0.2) is 36.9 Å². The van der Waals surface area contributed by atoms with Crippen molar-refractivity contribution in [2.75, 3.05) is 18.4 Å². The van der Waals surface area contributed by atoms with E-state index in [0.717, 1.165) is 24.3 Å². The van der Waals surface area contributed by atoms with Crippen molar-refractivity contribution >= 4 is 11.6 Å². The maximum absolute atomic E-state index is 12.9. The summed E-state index contributed by atoms with van der Waals surface area (Å²) in [7, 11) is 0. The Labute approximate surface area is 148 Å². The Kier molecular flexibility index (Phi) is 4.53. The highest BCUT2D eigenvalue weighted by Gasteiger charge is 2.46. The highest BCUT2D eigenvalue weighted by molar-refractivity contribution is 5.93. The van der Waals surface area contributed by atoms with E-state index in [9.17, 15) is 4.79 Å². The number of aromatic nitrogens is 3. The van der Waals surface area contributed by atoms with Gasteiger partial charge in [-0.25, -0.2) is 0 Å². The van der Waals surface area contributed by atoms with Crippen molar-refractivity contribution in [3.63, 3.8) is 0 Å². The fourth-order valence-corrected chi connectivity index (χ4v) is 4.38. The summed E-state index contributed by atoms with van der Waals surface area (Å²) in [5, 5.41) is 10.9. The number of anilines is 1. The Morgan fingerprint density at radius 1 is 1.32 bits per heavy atom. The smallest absolute Gasteiger partial charge is 0.229 e. The van der Waals surface area contributed by atoms with Gasteiger partial charge in [-0.3, -0.25) is 14.5 Å². The molecule has 1 amide bonds. The molecule has 6 nitrogen and oxygen atoms in total. The molecule has 1 aliphatic carbocycles. The molecule has 1 saturated heterocycles. The molecule has 4 rings (SSSR count). The van der Waals surface area contributed by atoms with E-state index in [1.165, 1.54) is 32.1 Å². The van der Waals surface area contributed by atoms with E-state index in [0.29, 0.717) is 6.54 Å². The maximum atomic E-state index is 12.9. The predicted octanol–water partition coefficient (Wildman–Crippen LogP) is 2.43. The van der Waals surface area contributed by atoms with Gasteiger partial charge in [0.25, 0.3) is 0 Å². The molecule has 0 radical (unpaired) electrons. The van der Waals surface area contributed by atoms with E-state index in [1.54, 1.807) is 12.4 Å². The minimum Gasteiger partial charge on any atom is -0.323 e. The highest BCUT2D eigenvalue weighted by Crippen LogP contribution is 2.45. The lowest BCUT2D eigenvalue weighted by Gasteiger charge is -2.37. The second-order valence-corrected chi connectivity index (χ2v) is 7.38. The zero-order valence-electron chi connectivity index (χ0n) is 14.4. The monoisotopic (exact) mass is 339 g/mol. The molecule has 2 aromatic heterocycles. The van der Waals surface area contributed by atoms with E-state index in [4.69, 9.17) is 0 Å². The molecule has 2 fully saturated rings. The molecule has 3 heterocycles. The van der Waals surface area contributed by atoms with Crippen LogP contribution in [0.3, 0.4) is 0 Å². The number of rotatable bonds is 4. The number of nitrogens with one attached hydrogen (secondary N) is 2. The Morgan fingerprint density at radius 3 is 3.00 bits per heavy atom. The molecule has 1 aliphatic heterocycles. The van der Waals surface area contributed by atoms with Crippen LogP contribution >= 0.6 is 0 Å². The molecule has 1 unspecified atom stereocenters. The quantitative estimate of drug-likeness (QED) is 0.897. The lowest BCUT2D eigenvalue weighted by molar-refractivity contribution is -0.123. The van der Waals surface area contributed by atoms with Crippen molar-refractivity contribution < 1.29 is 4.79 Å².